The molecule has 0 aliphatic rings. The van der Waals surface area contributed by atoms with Gasteiger partial charge in [0.15, 0.2) is 0 Å². The van der Waals surface area contributed by atoms with Gasteiger partial charge in [-0.25, -0.2) is 0 Å². The summed E-state index contributed by atoms with van der Waals surface area (Å²) >= 11 is 5.61. The molecule has 0 aliphatic heterocycles. The lowest BCUT2D eigenvalue weighted by Gasteiger charge is -2.18. The van der Waals surface area contributed by atoms with Crippen molar-refractivity contribution < 1.29 is 13.2 Å². The molecule has 1 unspecified atom stereocenters. The van der Waals surface area contributed by atoms with Crippen LogP contribution in [0, 0.1) is 10.5 Å². The zero-order valence-electron chi connectivity index (χ0n) is 11.0. The van der Waals surface area contributed by atoms with Gasteiger partial charge >= 0.3 is 6.18 Å². The van der Waals surface area contributed by atoms with Crippen LogP contribution in [0.2, 0.25) is 0 Å². The molecule has 0 heterocycles. The fourth-order valence-electron chi connectivity index (χ4n) is 2.12. The number of halogens is 5. The minimum atomic E-state index is -4.34. The maximum atomic E-state index is 12.7. The van der Waals surface area contributed by atoms with E-state index >= 15 is 0 Å². The predicted molar refractivity (Wildman–Crippen MR) is 89.1 cm³/mol. The van der Waals surface area contributed by atoms with Gasteiger partial charge in [-0.15, -0.1) is 0 Å². The van der Waals surface area contributed by atoms with E-state index in [4.69, 9.17) is 5.73 Å². The van der Waals surface area contributed by atoms with Crippen molar-refractivity contribution >= 4 is 38.5 Å². The van der Waals surface area contributed by atoms with E-state index in [1.54, 1.807) is 6.92 Å². The monoisotopic (exact) mass is 469 g/mol. The molecule has 0 spiro atoms. The van der Waals surface area contributed by atoms with Crippen LogP contribution in [0.5, 0.6) is 0 Å². The standard InChI is InChI=1S/C15H12BrF3IN/c1-8-6-9(15(17,18)19)2-4-11(8)14(21)12-7-10(20)3-5-13(12)16/h2-7,14H,21H2,1H3. The molecule has 1 nitrogen and oxygen atoms in total. The first-order chi connectivity index (χ1) is 9.70. The van der Waals surface area contributed by atoms with Gasteiger partial charge in [0.25, 0.3) is 0 Å². The molecular formula is C15H12BrF3IN. The molecular weight excluding hydrogens is 458 g/mol. The number of rotatable bonds is 2. The minimum Gasteiger partial charge on any atom is -0.320 e. The summed E-state index contributed by atoms with van der Waals surface area (Å²) < 4.78 is 40.0. The Labute approximate surface area is 143 Å². The van der Waals surface area contributed by atoms with Gasteiger partial charge in [-0.3, -0.25) is 0 Å². The molecule has 0 fully saturated rings. The van der Waals surface area contributed by atoms with Crippen molar-refractivity contribution in [1.82, 2.24) is 0 Å². The number of hydrogen-bond donors (Lipinski definition) is 1. The molecule has 0 amide bonds. The number of alkyl halides is 3. The third-order valence-electron chi connectivity index (χ3n) is 3.23. The molecule has 0 saturated heterocycles. The largest absolute Gasteiger partial charge is 0.416 e. The zero-order valence-corrected chi connectivity index (χ0v) is 14.8. The van der Waals surface area contributed by atoms with Crippen LogP contribution in [-0.2, 0) is 6.18 Å². The quantitative estimate of drug-likeness (QED) is 0.583. The molecule has 2 N–H and O–H groups in total. The van der Waals surface area contributed by atoms with E-state index < -0.39 is 17.8 Å². The molecule has 21 heavy (non-hydrogen) atoms. The first kappa shape index (κ1) is 16.8. The molecule has 0 radical (unpaired) electrons. The summed E-state index contributed by atoms with van der Waals surface area (Å²) in [6, 6.07) is 8.93. The lowest BCUT2D eigenvalue weighted by Crippen LogP contribution is -2.15. The molecule has 0 bridgehead atoms. The fourth-order valence-corrected chi connectivity index (χ4v) is 3.13. The van der Waals surface area contributed by atoms with E-state index in [1.807, 2.05) is 18.2 Å². The number of benzene rings is 2. The first-order valence-electron chi connectivity index (χ1n) is 6.08. The summed E-state index contributed by atoms with van der Waals surface area (Å²) in [7, 11) is 0. The van der Waals surface area contributed by atoms with Gasteiger partial charge in [0.05, 0.1) is 11.6 Å². The Kier molecular flexibility index (Phi) is 4.99. The molecule has 2 rings (SSSR count). The highest BCUT2D eigenvalue weighted by molar-refractivity contribution is 14.1. The normalized spacial score (nSPS) is 13.3. The van der Waals surface area contributed by atoms with Gasteiger partial charge in [0, 0.05) is 8.04 Å². The van der Waals surface area contributed by atoms with Crippen LogP contribution >= 0.6 is 38.5 Å². The third kappa shape index (κ3) is 3.78. The van der Waals surface area contributed by atoms with E-state index in [0.717, 1.165) is 25.7 Å². The lowest BCUT2D eigenvalue weighted by atomic mass is 9.94. The van der Waals surface area contributed by atoms with Crippen molar-refractivity contribution in [3.8, 4) is 0 Å². The summed E-state index contributed by atoms with van der Waals surface area (Å²) in [4.78, 5) is 0. The zero-order chi connectivity index (χ0) is 15.8. The second-order valence-corrected chi connectivity index (χ2v) is 6.81. The van der Waals surface area contributed by atoms with E-state index in [-0.39, 0.29) is 0 Å². The topological polar surface area (TPSA) is 26.0 Å². The summed E-state index contributed by atoms with van der Waals surface area (Å²) in [6.07, 6.45) is -4.34. The molecule has 0 aromatic heterocycles. The van der Waals surface area contributed by atoms with Crippen LogP contribution in [0.3, 0.4) is 0 Å². The van der Waals surface area contributed by atoms with Crippen LogP contribution < -0.4 is 5.73 Å². The van der Waals surface area contributed by atoms with Crippen LogP contribution in [0.25, 0.3) is 0 Å². The van der Waals surface area contributed by atoms with Crippen molar-refractivity contribution in [2.45, 2.75) is 19.1 Å². The molecule has 112 valence electrons. The fraction of sp³-hybridized carbons (Fsp3) is 0.200. The first-order valence-corrected chi connectivity index (χ1v) is 7.95. The van der Waals surface area contributed by atoms with Crippen molar-refractivity contribution in [3.05, 3.63) is 66.7 Å². The van der Waals surface area contributed by atoms with Gasteiger partial charge in [-0.05, 0) is 76.5 Å². The highest BCUT2D eigenvalue weighted by Gasteiger charge is 2.31. The van der Waals surface area contributed by atoms with E-state index in [0.29, 0.717) is 11.1 Å². The SMILES string of the molecule is Cc1cc(C(F)(F)F)ccc1C(N)c1cc(I)ccc1Br. The van der Waals surface area contributed by atoms with E-state index in [1.165, 1.54) is 6.07 Å². The molecule has 1 atom stereocenters. The molecule has 0 saturated carbocycles. The molecule has 2 aromatic carbocycles. The maximum absolute atomic E-state index is 12.7. The van der Waals surface area contributed by atoms with Gasteiger partial charge < -0.3 is 5.73 Å². The summed E-state index contributed by atoms with van der Waals surface area (Å²) in [5.74, 6) is 0. The predicted octanol–water partition coefficient (Wildman–Crippen LogP) is 5.43. The average Bonchev–Trinajstić information content (AvgIpc) is 2.39. The van der Waals surface area contributed by atoms with Gasteiger partial charge in [-0.1, -0.05) is 22.0 Å². The smallest absolute Gasteiger partial charge is 0.320 e. The Morgan fingerprint density at radius 2 is 1.76 bits per heavy atom. The Bertz CT molecular complexity index is 670. The number of hydrogen-bond acceptors (Lipinski definition) is 1. The van der Waals surface area contributed by atoms with Crippen molar-refractivity contribution in [2.24, 2.45) is 5.73 Å². The van der Waals surface area contributed by atoms with Crippen LogP contribution in [-0.4, -0.2) is 0 Å². The van der Waals surface area contributed by atoms with Crippen LogP contribution in [0.15, 0.2) is 40.9 Å². The Morgan fingerprint density at radius 3 is 2.33 bits per heavy atom. The summed E-state index contributed by atoms with van der Waals surface area (Å²) in [5.41, 5.74) is 7.64. The lowest BCUT2D eigenvalue weighted by molar-refractivity contribution is -0.137. The number of aryl methyl sites for hydroxylation is 1. The molecule has 6 heteroatoms. The van der Waals surface area contributed by atoms with Gasteiger partial charge in [0.2, 0.25) is 0 Å². The van der Waals surface area contributed by atoms with Crippen LogP contribution in [0.1, 0.15) is 28.3 Å². The summed E-state index contributed by atoms with van der Waals surface area (Å²) in [5, 5.41) is 0. The Morgan fingerprint density at radius 1 is 1.10 bits per heavy atom. The van der Waals surface area contributed by atoms with E-state index in [2.05, 4.69) is 38.5 Å². The third-order valence-corrected chi connectivity index (χ3v) is 4.62. The van der Waals surface area contributed by atoms with E-state index in [9.17, 15) is 13.2 Å². The number of nitrogens with two attached hydrogens (primary N) is 1. The maximum Gasteiger partial charge on any atom is 0.416 e. The average molecular weight is 470 g/mol. The van der Waals surface area contributed by atoms with Crippen molar-refractivity contribution in [1.29, 1.82) is 0 Å². The van der Waals surface area contributed by atoms with Crippen molar-refractivity contribution in [3.63, 3.8) is 0 Å². The highest BCUT2D eigenvalue weighted by Crippen LogP contribution is 2.34. The van der Waals surface area contributed by atoms with Crippen molar-refractivity contribution in [2.75, 3.05) is 0 Å². The second-order valence-electron chi connectivity index (χ2n) is 4.71. The Balaban J connectivity index is 2.44. The Hall–Kier alpha value is -0.600. The summed E-state index contributed by atoms with van der Waals surface area (Å²) in [6.45, 7) is 1.65. The van der Waals surface area contributed by atoms with Gasteiger partial charge in [0.1, 0.15) is 0 Å². The highest BCUT2D eigenvalue weighted by atomic mass is 127. The van der Waals surface area contributed by atoms with Crippen LogP contribution in [0.4, 0.5) is 13.2 Å². The second kappa shape index (κ2) is 6.26. The minimum absolute atomic E-state index is 0.476. The molecule has 2 aromatic rings. The molecule has 0 aliphatic carbocycles. The van der Waals surface area contributed by atoms with Gasteiger partial charge in [-0.2, -0.15) is 13.2 Å².